The number of carboxylic acids is 1. The maximum absolute atomic E-state index is 11.0. The first-order valence-corrected chi connectivity index (χ1v) is 6.69. The maximum atomic E-state index is 11.0. The van der Waals surface area contributed by atoms with Gasteiger partial charge in [-0.05, 0) is 61.3 Å². The summed E-state index contributed by atoms with van der Waals surface area (Å²) in [5, 5.41) is 9.09. The van der Waals surface area contributed by atoms with E-state index in [2.05, 4.69) is 6.58 Å². The van der Waals surface area contributed by atoms with Gasteiger partial charge in [0.1, 0.15) is 0 Å². The zero-order valence-corrected chi connectivity index (χ0v) is 10.2. The quantitative estimate of drug-likeness (QED) is 0.733. The molecule has 0 bridgehead atoms. The van der Waals surface area contributed by atoms with E-state index in [4.69, 9.17) is 10.8 Å². The van der Waals surface area contributed by atoms with E-state index in [1.54, 1.807) is 0 Å². The van der Waals surface area contributed by atoms with Crippen molar-refractivity contribution < 1.29 is 9.90 Å². The second-order valence-corrected chi connectivity index (χ2v) is 6.18. The van der Waals surface area contributed by atoms with Gasteiger partial charge in [0.2, 0.25) is 0 Å². The molecule has 3 fully saturated rings. The number of aliphatic carboxylic acids is 1. The molecule has 0 aromatic carbocycles. The van der Waals surface area contributed by atoms with Crippen molar-refractivity contribution in [3.05, 3.63) is 12.2 Å². The van der Waals surface area contributed by atoms with Crippen LogP contribution >= 0.6 is 0 Å². The van der Waals surface area contributed by atoms with Crippen molar-refractivity contribution in [1.29, 1.82) is 0 Å². The third kappa shape index (κ3) is 1.29. The van der Waals surface area contributed by atoms with Gasteiger partial charge in [-0.2, -0.15) is 0 Å². The van der Waals surface area contributed by atoms with Gasteiger partial charge in [0.05, 0.1) is 0 Å². The molecule has 0 heterocycles. The van der Waals surface area contributed by atoms with Crippen LogP contribution < -0.4 is 5.73 Å². The first-order valence-electron chi connectivity index (χ1n) is 6.69. The number of hydrogen-bond donors (Lipinski definition) is 2. The molecule has 0 amide bonds. The Kier molecular flexibility index (Phi) is 2.37. The zero-order valence-electron chi connectivity index (χ0n) is 10.2. The van der Waals surface area contributed by atoms with Crippen molar-refractivity contribution in [3.63, 3.8) is 0 Å². The lowest BCUT2D eigenvalue weighted by atomic mass is 9.46. The molecular formula is C14H21NO2. The third-order valence-electron chi connectivity index (χ3n) is 5.71. The van der Waals surface area contributed by atoms with Crippen molar-refractivity contribution in [3.8, 4) is 0 Å². The Hall–Kier alpha value is -0.830. The molecule has 0 saturated heterocycles. The number of carboxylic acid groups (broad SMARTS) is 1. The van der Waals surface area contributed by atoms with Crippen LogP contribution in [0, 0.1) is 29.1 Å². The Morgan fingerprint density at radius 2 is 2.29 bits per heavy atom. The average Bonchev–Trinajstić information content (AvgIpc) is 2.75. The Morgan fingerprint density at radius 3 is 2.94 bits per heavy atom. The van der Waals surface area contributed by atoms with Crippen molar-refractivity contribution in [2.45, 2.75) is 32.1 Å². The molecule has 94 valence electrons. The first kappa shape index (κ1) is 11.3. The largest absolute Gasteiger partial charge is 0.481 e. The van der Waals surface area contributed by atoms with E-state index in [-0.39, 0.29) is 5.41 Å². The minimum absolute atomic E-state index is 0.204. The van der Waals surface area contributed by atoms with Crippen LogP contribution in [0.2, 0.25) is 0 Å². The zero-order chi connectivity index (χ0) is 12.2. The summed E-state index contributed by atoms with van der Waals surface area (Å²) in [5.74, 6) is 1.74. The average molecular weight is 235 g/mol. The first-order chi connectivity index (χ1) is 8.10. The molecule has 0 radical (unpaired) electrons. The maximum Gasteiger partial charge on any atom is 0.303 e. The topological polar surface area (TPSA) is 63.3 Å². The summed E-state index contributed by atoms with van der Waals surface area (Å²) in [6.07, 6.45) is 4.80. The van der Waals surface area contributed by atoms with Crippen molar-refractivity contribution in [2.24, 2.45) is 34.8 Å². The molecule has 3 rings (SSSR count). The molecule has 3 aliphatic carbocycles. The van der Waals surface area contributed by atoms with Crippen LogP contribution in [0.15, 0.2) is 12.2 Å². The SMILES string of the molecule is C=C1CC2(CCN)[C@H]3[C@H](CC[C@@H]13)[C@@H]2CC(=O)O. The summed E-state index contributed by atoms with van der Waals surface area (Å²) in [6, 6.07) is 0. The minimum atomic E-state index is -0.647. The number of rotatable bonds is 4. The lowest BCUT2D eigenvalue weighted by Gasteiger charge is -2.57. The van der Waals surface area contributed by atoms with E-state index in [0.29, 0.717) is 36.6 Å². The van der Waals surface area contributed by atoms with E-state index >= 15 is 0 Å². The fraction of sp³-hybridized carbons (Fsp3) is 0.786. The molecule has 3 N–H and O–H groups in total. The molecular weight excluding hydrogens is 214 g/mol. The van der Waals surface area contributed by atoms with Gasteiger partial charge in [-0.3, -0.25) is 4.79 Å². The third-order valence-corrected chi connectivity index (χ3v) is 5.71. The van der Waals surface area contributed by atoms with Crippen LogP contribution in [0.3, 0.4) is 0 Å². The molecule has 3 heteroatoms. The van der Waals surface area contributed by atoms with E-state index in [9.17, 15) is 4.79 Å². The summed E-state index contributed by atoms with van der Waals surface area (Å²) >= 11 is 0. The van der Waals surface area contributed by atoms with Gasteiger partial charge in [0.25, 0.3) is 0 Å². The Morgan fingerprint density at radius 1 is 1.53 bits per heavy atom. The molecule has 0 aliphatic heterocycles. The van der Waals surface area contributed by atoms with Gasteiger partial charge in [-0.25, -0.2) is 0 Å². The van der Waals surface area contributed by atoms with Gasteiger partial charge in [0.15, 0.2) is 0 Å². The highest BCUT2D eigenvalue weighted by molar-refractivity contribution is 5.67. The molecule has 3 saturated carbocycles. The predicted molar refractivity (Wildman–Crippen MR) is 65.3 cm³/mol. The van der Waals surface area contributed by atoms with E-state index in [0.717, 1.165) is 12.8 Å². The second-order valence-electron chi connectivity index (χ2n) is 6.18. The van der Waals surface area contributed by atoms with Crippen LogP contribution in [-0.4, -0.2) is 17.6 Å². The standard InChI is InChI=1S/C14H21NO2/c1-8-7-14(4-5-15)11(6-12(16)17)10-3-2-9(8)13(10)14/h9-11,13H,1-7,15H2,(H,16,17)/t9-,10+,11-,13+,14?/m0/s1. The van der Waals surface area contributed by atoms with Crippen molar-refractivity contribution >= 4 is 5.97 Å². The van der Waals surface area contributed by atoms with Crippen LogP contribution in [0.1, 0.15) is 32.1 Å². The highest BCUT2D eigenvalue weighted by atomic mass is 16.4. The van der Waals surface area contributed by atoms with Gasteiger partial charge < -0.3 is 10.8 Å². The molecule has 0 aromatic heterocycles. The van der Waals surface area contributed by atoms with Gasteiger partial charge in [0, 0.05) is 6.42 Å². The minimum Gasteiger partial charge on any atom is -0.481 e. The number of allylic oxidation sites excluding steroid dienone is 1. The summed E-state index contributed by atoms with van der Waals surface area (Å²) in [6.45, 7) is 4.91. The Balaban J connectivity index is 1.90. The monoisotopic (exact) mass is 235 g/mol. The smallest absolute Gasteiger partial charge is 0.303 e. The summed E-state index contributed by atoms with van der Waals surface area (Å²) in [7, 11) is 0. The fourth-order valence-electron chi connectivity index (χ4n) is 5.38. The summed E-state index contributed by atoms with van der Waals surface area (Å²) in [4.78, 5) is 11.0. The number of hydrogen-bond acceptors (Lipinski definition) is 2. The molecule has 5 atom stereocenters. The lowest BCUT2D eigenvalue weighted by Crippen LogP contribution is -2.54. The predicted octanol–water partition coefficient (Wildman–Crippen LogP) is 2.03. The lowest BCUT2D eigenvalue weighted by molar-refractivity contribution is -0.151. The molecule has 3 aliphatic rings. The summed E-state index contributed by atoms with van der Waals surface area (Å²) in [5.41, 5.74) is 7.34. The highest BCUT2D eigenvalue weighted by Gasteiger charge is 2.69. The molecule has 0 spiro atoms. The summed E-state index contributed by atoms with van der Waals surface area (Å²) < 4.78 is 0. The number of carbonyl (C=O) groups is 1. The van der Waals surface area contributed by atoms with Crippen molar-refractivity contribution in [2.75, 3.05) is 6.54 Å². The van der Waals surface area contributed by atoms with Gasteiger partial charge >= 0.3 is 5.97 Å². The molecule has 0 aromatic rings. The van der Waals surface area contributed by atoms with Gasteiger partial charge in [-0.15, -0.1) is 0 Å². The van der Waals surface area contributed by atoms with Crippen LogP contribution in [0.25, 0.3) is 0 Å². The Bertz CT molecular complexity index is 378. The fourth-order valence-corrected chi connectivity index (χ4v) is 5.38. The van der Waals surface area contributed by atoms with E-state index in [1.165, 1.54) is 18.4 Å². The van der Waals surface area contributed by atoms with Crippen LogP contribution in [-0.2, 0) is 4.79 Å². The van der Waals surface area contributed by atoms with Crippen LogP contribution in [0.4, 0.5) is 0 Å². The van der Waals surface area contributed by atoms with E-state index in [1.807, 2.05) is 0 Å². The Labute approximate surface area is 102 Å². The number of nitrogens with two attached hydrogens (primary N) is 1. The van der Waals surface area contributed by atoms with Gasteiger partial charge in [-0.1, -0.05) is 12.2 Å². The molecule has 17 heavy (non-hydrogen) atoms. The van der Waals surface area contributed by atoms with E-state index < -0.39 is 5.97 Å². The molecule has 1 unspecified atom stereocenters. The van der Waals surface area contributed by atoms with Crippen molar-refractivity contribution in [1.82, 2.24) is 0 Å². The normalized spacial score (nSPS) is 46.8. The van der Waals surface area contributed by atoms with Crippen LogP contribution in [0.5, 0.6) is 0 Å². The molecule has 3 nitrogen and oxygen atoms in total. The second kappa shape index (κ2) is 3.58. The highest BCUT2D eigenvalue weighted by Crippen LogP contribution is 2.75.